The lowest BCUT2D eigenvalue weighted by Gasteiger charge is -2.20. The topological polar surface area (TPSA) is 208 Å². The Hall–Kier alpha value is -3.13. The maximum Gasteiger partial charge on any atom is 0.472 e. The second-order valence-electron chi connectivity index (χ2n) is 14.6. The molecule has 1 aromatic heterocycles. The molecule has 14 heteroatoms. The van der Waals surface area contributed by atoms with Gasteiger partial charge in [0.25, 0.3) is 0 Å². The number of phosphoric ester groups is 1. The zero-order chi connectivity index (χ0) is 43.7. The van der Waals surface area contributed by atoms with Gasteiger partial charge in [-0.05, 0) is 69.9 Å². The first-order chi connectivity index (χ1) is 28.3. The Morgan fingerprint density at radius 1 is 0.746 bits per heavy atom. The molecule has 0 amide bonds. The number of aliphatic hydroxyl groups is 3. The van der Waals surface area contributed by atoms with Crippen LogP contribution in [0.2, 0.25) is 0 Å². The summed E-state index contributed by atoms with van der Waals surface area (Å²) < 4.78 is 38.7. The standard InChI is InChI=1S/C45H74NO12P/c1-5-7-18-25-38(47)26-19-14-12-13-15-20-27-40(48)41(49)28-23-31-44(50)54-34-39(35-56-59(52,53)55-33-32-46)57-45(51)30-22-17-11-9-8-10-16-21-29-43-37(4)36(3)42(58-43)24-6-2/h7,12-15,18-20,26-27,38-41,47-49H,5-6,8-11,16-17,21-25,28-35,46H2,1-4H3,(H,52,53)/b14-12+,15-13-,18-7-,26-19+,27-20-/t38-,39-,40+,41+/m1/s1. The summed E-state index contributed by atoms with van der Waals surface area (Å²) >= 11 is 0. The Morgan fingerprint density at radius 3 is 1.98 bits per heavy atom. The maximum atomic E-state index is 12.6. The Labute approximate surface area is 353 Å². The van der Waals surface area contributed by atoms with Crippen LogP contribution in [0.5, 0.6) is 0 Å². The summed E-state index contributed by atoms with van der Waals surface area (Å²) in [5.41, 5.74) is 7.91. The predicted molar refractivity (Wildman–Crippen MR) is 232 cm³/mol. The first-order valence-corrected chi connectivity index (χ1v) is 22.9. The lowest BCUT2D eigenvalue weighted by Crippen LogP contribution is -2.30. The molecule has 0 radical (unpaired) electrons. The van der Waals surface area contributed by atoms with Gasteiger partial charge < -0.3 is 39.8 Å². The minimum atomic E-state index is -4.48. The number of aryl methyl sites for hydroxylation is 2. The summed E-state index contributed by atoms with van der Waals surface area (Å²) in [7, 11) is -4.48. The molecule has 0 aliphatic carbocycles. The third-order valence-electron chi connectivity index (χ3n) is 9.43. The zero-order valence-electron chi connectivity index (χ0n) is 36.0. The second kappa shape index (κ2) is 33.6. The van der Waals surface area contributed by atoms with E-state index in [4.69, 9.17) is 28.7 Å². The zero-order valence-corrected chi connectivity index (χ0v) is 36.9. The number of ether oxygens (including phenoxy) is 2. The van der Waals surface area contributed by atoms with E-state index in [9.17, 15) is 34.4 Å². The van der Waals surface area contributed by atoms with E-state index in [1.54, 1.807) is 42.5 Å². The largest absolute Gasteiger partial charge is 0.472 e. The van der Waals surface area contributed by atoms with Crippen molar-refractivity contribution in [2.45, 2.75) is 161 Å². The van der Waals surface area contributed by atoms with Crippen LogP contribution in [0.1, 0.15) is 133 Å². The summed E-state index contributed by atoms with van der Waals surface area (Å²) in [4.78, 5) is 35.0. The van der Waals surface area contributed by atoms with Crippen molar-refractivity contribution in [2.75, 3.05) is 26.4 Å². The molecule has 13 nitrogen and oxygen atoms in total. The average molecular weight is 852 g/mol. The molecule has 5 atom stereocenters. The first-order valence-electron chi connectivity index (χ1n) is 21.5. The van der Waals surface area contributed by atoms with Gasteiger partial charge in [-0.2, -0.15) is 0 Å². The van der Waals surface area contributed by atoms with Gasteiger partial charge in [-0.3, -0.25) is 18.6 Å². The number of esters is 2. The third kappa shape index (κ3) is 27.4. The summed E-state index contributed by atoms with van der Waals surface area (Å²) in [6.45, 7) is 7.30. The molecule has 0 spiro atoms. The number of phosphoric acid groups is 1. The quantitative estimate of drug-likeness (QED) is 0.0143. The summed E-state index contributed by atoms with van der Waals surface area (Å²) in [5, 5.41) is 30.4. The van der Waals surface area contributed by atoms with Gasteiger partial charge in [-0.25, -0.2) is 4.57 Å². The van der Waals surface area contributed by atoms with E-state index in [1.807, 2.05) is 19.1 Å². The number of nitrogens with two attached hydrogens (primary N) is 1. The van der Waals surface area contributed by atoms with Crippen LogP contribution in [0.25, 0.3) is 0 Å². The van der Waals surface area contributed by atoms with E-state index in [2.05, 4.69) is 20.8 Å². The van der Waals surface area contributed by atoms with Gasteiger partial charge in [0, 0.05) is 32.2 Å². The minimum absolute atomic E-state index is 0.00523. The van der Waals surface area contributed by atoms with Crippen molar-refractivity contribution >= 4 is 19.8 Å². The van der Waals surface area contributed by atoms with E-state index in [1.165, 1.54) is 17.2 Å². The second-order valence-corrected chi connectivity index (χ2v) is 16.1. The molecule has 0 aromatic carbocycles. The average Bonchev–Trinajstić information content (AvgIpc) is 3.47. The molecule has 1 rings (SSSR count). The number of aliphatic hydroxyl groups excluding tert-OH is 3. The molecule has 1 heterocycles. The molecule has 1 aromatic rings. The third-order valence-corrected chi connectivity index (χ3v) is 10.4. The van der Waals surface area contributed by atoms with Crippen molar-refractivity contribution in [1.29, 1.82) is 0 Å². The lowest BCUT2D eigenvalue weighted by atomic mass is 10.0. The summed E-state index contributed by atoms with van der Waals surface area (Å²) in [6.07, 6.45) is 26.3. The summed E-state index contributed by atoms with van der Waals surface area (Å²) in [5.74, 6) is 1.05. The van der Waals surface area contributed by atoms with E-state index < -0.39 is 57.4 Å². The van der Waals surface area contributed by atoms with Gasteiger partial charge in [0.1, 0.15) is 18.1 Å². The predicted octanol–water partition coefficient (Wildman–Crippen LogP) is 8.28. The van der Waals surface area contributed by atoms with Crippen molar-refractivity contribution in [3.05, 3.63) is 83.4 Å². The van der Waals surface area contributed by atoms with E-state index in [-0.39, 0.29) is 38.8 Å². The number of carbonyl (C=O) groups excluding carboxylic acids is 2. The van der Waals surface area contributed by atoms with Gasteiger partial charge in [-0.15, -0.1) is 0 Å². The number of allylic oxidation sites excluding steroid dienone is 7. The Kier molecular flexibility index (Phi) is 30.7. The van der Waals surface area contributed by atoms with Crippen molar-refractivity contribution in [2.24, 2.45) is 5.73 Å². The molecule has 6 N–H and O–H groups in total. The smallest absolute Gasteiger partial charge is 0.466 e. The fourth-order valence-corrected chi connectivity index (χ4v) is 6.67. The van der Waals surface area contributed by atoms with E-state index in [0.29, 0.717) is 12.8 Å². The molecule has 0 saturated carbocycles. The van der Waals surface area contributed by atoms with Gasteiger partial charge >= 0.3 is 19.8 Å². The number of unbranched alkanes of at least 4 members (excludes halogenated alkanes) is 7. The van der Waals surface area contributed by atoms with Crippen LogP contribution >= 0.6 is 7.82 Å². The molecular formula is C45H74NO12P. The molecule has 0 saturated heterocycles. The molecule has 0 bridgehead atoms. The van der Waals surface area contributed by atoms with Crippen LogP contribution in [-0.2, 0) is 45.5 Å². The number of hydrogen-bond acceptors (Lipinski definition) is 12. The lowest BCUT2D eigenvalue weighted by molar-refractivity contribution is -0.161. The Morgan fingerprint density at radius 2 is 1.34 bits per heavy atom. The van der Waals surface area contributed by atoms with Crippen LogP contribution in [0, 0.1) is 13.8 Å². The molecular weight excluding hydrogens is 777 g/mol. The van der Waals surface area contributed by atoms with E-state index >= 15 is 0 Å². The first kappa shape index (κ1) is 53.9. The van der Waals surface area contributed by atoms with Gasteiger partial charge in [0.2, 0.25) is 0 Å². The molecule has 1 unspecified atom stereocenters. The SMILES string of the molecule is CC/C=C\C[C@@H](O)/C=C/C=C/C=C\C=C/[C@H](O)[C@@H](O)CCCC(=O)OC[C@H](COP(=O)(O)OCCN)OC(=O)CCCCCCCCCCc1oc(CCC)c(C)c1C. The van der Waals surface area contributed by atoms with Gasteiger partial charge in [0.15, 0.2) is 6.10 Å². The molecule has 0 aliphatic rings. The van der Waals surface area contributed by atoms with Crippen molar-refractivity contribution in [3.8, 4) is 0 Å². The highest BCUT2D eigenvalue weighted by Gasteiger charge is 2.26. The summed E-state index contributed by atoms with van der Waals surface area (Å²) in [6, 6.07) is 0. The fourth-order valence-electron chi connectivity index (χ4n) is 5.90. The van der Waals surface area contributed by atoms with Crippen LogP contribution in [0.15, 0.2) is 65.2 Å². The minimum Gasteiger partial charge on any atom is -0.466 e. The van der Waals surface area contributed by atoms with Gasteiger partial charge in [-0.1, -0.05) is 113 Å². The van der Waals surface area contributed by atoms with E-state index in [0.717, 1.165) is 82.1 Å². The van der Waals surface area contributed by atoms with Gasteiger partial charge in [0.05, 0.1) is 31.5 Å². The number of furan rings is 1. The fraction of sp³-hybridized carbons (Fsp3) is 0.644. The molecule has 0 fully saturated rings. The van der Waals surface area contributed by atoms with Crippen LogP contribution in [0.4, 0.5) is 0 Å². The Bertz CT molecular complexity index is 1480. The highest BCUT2D eigenvalue weighted by molar-refractivity contribution is 7.47. The monoisotopic (exact) mass is 851 g/mol. The maximum absolute atomic E-state index is 12.6. The Balaban J connectivity index is 2.40. The molecule has 336 valence electrons. The number of carbonyl (C=O) groups is 2. The van der Waals surface area contributed by atoms with Crippen LogP contribution in [0.3, 0.4) is 0 Å². The van der Waals surface area contributed by atoms with Crippen molar-refractivity contribution in [1.82, 2.24) is 0 Å². The van der Waals surface area contributed by atoms with Crippen LogP contribution < -0.4 is 5.73 Å². The normalized spacial score (nSPS) is 15.5. The van der Waals surface area contributed by atoms with Crippen molar-refractivity contribution in [3.63, 3.8) is 0 Å². The highest BCUT2D eigenvalue weighted by Crippen LogP contribution is 2.43. The highest BCUT2D eigenvalue weighted by atomic mass is 31.2. The van der Waals surface area contributed by atoms with Crippen molar-refractivity contribution < 1.29 is 57.3 Å². The molecule has 0 aliphatic heterocycles. The molecule has 59 heavy (non-hydrogen) atoms. The number of hydrogen-bond donors (Lipinski definition) is 5. The van der Waals surface area contributed by atoms with Crippen LogP contribution in [-0.4, -0.2) is 82.9 Å². The number of rotatable bonds is 35.